The van der Waals surface area contributed by atoms with Crippen LogP contribution in [-0.2, 0) is 25.4 Å². The molecule has 7 atom stereocenters. The SMILES string of the molecule is C[C@H]1O[C@@H](O[C@H]2CC(O)([C@@H](C)OC(=O)Nc3ccccc3)Cc3c(O)c4c(c(O)c32)C(=O)c2ccccc2C4=O)C[C@H](NC(=O)C(F)(F)F)[C@H]1O. The van der Waals surface area contributed by atoms with E-state index in [1.807, 2.05) is 0 Å². The molecular formula is C35H33F3N2O11. The van der Waals surface area contributed by atoms with E-state index >= 15 is 0 Å². The van der Waals surface area contributed by atoms with Gasteiger partial charge in [-0.05, 0) is 26.0 Å². The number of halogens is 3. The van der Waals surface area contributed by atoms with Gasteiger partial charge in [-0.25, -0.2) is 4.79 Å². The second-order valence-corrected chi connectivity index (χ2v) is 12.8. The molecular weight excluding hydrogens is 681 g/mol. The first kappa shape index (κ1) is 35.8. The normalized spacial score (nSPS) is 26.3. The van der Waals surface area contributed by atoms with Crippen LogP contribution in [0.1, 0.15) is 75.8 Å². The number of carbonyl (C=O) groups excluding carboxylic acids is 4. The third kappa shape index (κ3) is 6.62. The number of benzene rings is 3. The minimum absolute atomic E-state index is 0.0343. The lowest BCUT2D eigenvalue weighted by molar-refractivity contribution is -0.253. The first-order valence-electron chi connectivity index (χ1n) is 15.9. The fraction of sp³-hybridized carbons (Fsp3) is 0.371. The summed E-state index contributed by atoms with van der Waals surface area (Å²) < 4.78 is 56.6. The first-order chi connectivity index (χ1) is 24.0. The number of nitrogens with one attached hydrogen (secondary N) is 2. The number of fused-ring (bicyclic) bond motifs is 3. The predicted molar refractivity (Wildman–Crippen MR) is 169 cm³/mol. The zero-order valence-corrected chi connectivity index (χ0v) is 27.1. The Morgan fingerprint density at radius 3 is 2.18 bits per heavy atom. The predicted octanol–water partition coefficient (Wildman–Crippen LogP) is 3.79. The molecule has 0 radical (unpaired) electrons. The van der Waals surface area contributed by atoms with Crippen LogP contribution in [0, 0.1) is 0 Å². The summed E-state index contributed by atoms with van der Waals surface area (Å²) in [6, 6.07) is 12.5. The van der Waals surface area contributed by atoms with Crippen molar-refractivity contribution in [1.82, 2.24) is 5.32 Å². The molecule has 0 bridgehead atoms. The Bertz CT molecular complexity index is 1900. The van der Waals surface area contributed by atoms with Gasteiger partial charge in [-0.1, -0.05) is 42.5 Å². The lowest BCUT2D eigenvalue weighted by Gasteiger charge is -2.44. The van der Waals surface area contributed by atoms with E-state index in [0.29, 0.717) is 5.69 Å². The number of ether oxygens (including phenoxy) is 3. The number of aliphatic hydroxyl groups is 2. The summed E-state index contributed by atoms with van der Waals surface area (Å²) in [6.45, 7) is 2.67. The van der Waals surface area contributed by atoms with Gasteiger partial charge in [0, 0.05) is 47.2 Å². The van der Waals surface area contributed by atoms with Crippen LogP contribution in [0.4, 0.5) is 23.7 Å². The summed E-state index contributed by atoms with van der Waals surface area (Å²) in [5.41, 5.74) is -3.28. The van der Waals surface area contributed by atoms with Crippen molar-refractivity contribution in [1.29, 1.82) is 0 Å². The van der Waals surface area contributed by atoms with Crippen LogP contribution in [0.3, 0.4) is 0 Å². The van der Waals surface area contributed by atoms with E-state index in [1.54, 1.807) is 35.6 Å². The Kier molecular flexibility index (Phi) is 9.30. The maximum absolute atomic E-state index is 13.7. The quantitative estimate of drug-likeness (QED) is 0.159. The average Bonchev–Trinajstić information content (AvgIpc) is 3.07. The standard InChI is InChI=1S/C35H33F3N2O11/c1-15-27(41)21(40-32(46)35(36,37)38)12-23(49-15)51-22-14-34(48,16(2)50-33(47)39-17-8-4-3-5-9-17)13-20-24(22)31(45)26-25(30(20)44)28(42)18-10-6-7-11-19(18)29(26)43/h3-11,15-16,21-23,27,41,44-45,48H,12-14H2,1-2H3,(H,39,47)(H,40,46)/t15-,16-,21+,22+,23+,27+,34?/m1/s1. The molecule has 6 rings (SSSR count). The van der Waals surface area contributed by atoms with Crippen LogP contribution in [0.5, 0.6) is 11.5 Å². The monoisotopic (exact) mass is 714 g/mol. The second-order valence-electron chi connectivity index (χ2n) is 12.8. The van der Waals surface area contributed by atoms with Gasteiger partial charge in [-0.3, -0.25) is 19.7 Å². The number of hydrogen-bond donors (Lipinski definition) is 6. The molecule has 2 aliphatic carbocycles. The van der Waals surface area contributed by atoms with Crippen LogP contribution >= 0.6 is 0 Å². The largest absolute Gasteiger partial charge is 0.507 e. The topological polar surface area (TPSA) is 201 Å². The van der Waals surface area contributed by atoms with Gasteiger partial charge in [0.05, 0.1) is 29.4 Å². The van der Waals surface area contributed by atoms with Crippen LogP contribution in [-0.4, -0.2) is 86.4 Å². The molecule has 0 aromatic heterocycles. The summed E-state index contributed by atoms with van der Waals surface area (Å²) >= 11 is 0. The van der Waals surface area contributed by atoms with Crippen molar-refractivity contribution in [3.05, 3.63) is 88.0 Å². The smallest absolute Gasteiger partial charge is 0.471 e. The molecule has 6 N–H and O–H groups in total. The van der Waals surface area contributed by atoms with Gasteiger partial charge in [0.2, 0.25) is 0 Å². The van der Waals surface area contributed by atoms with E-state index in [2.05, 4.69) is 5.32 Å². The molecule has 0 spiro atoms. The van der Waals surface area contributed by atoms with Crippen LogP contribution < -0.4 is 10.6 Å². The van der Waals surface area contributed by atoms with E-state index < -0.39 is 114 Å². The third-order valence-corrected chi connectivity index (χ3v) is 9.46. The van der Waals surface area contributed by atoms with Gasteiger partial charge in [0.15, 0.2) is 17.9 Å². The molecule has 13 nitrogen and oxygen atoms in total. The van der Waals surface area contributed by atoms with Crippen molar-refractivity contribution in [2.75, 3.05) is 5.32 Å². The molecule has 270 valence electrons. The molecule has 51 heavy (non-hydrogen) atoms. The molecule has 3 aromatic carbocycles. The molecule has 1 aliphatic heterocycles. The number of alkyl halides is 3. The van der Waals surface area contributed by atoms with Gasteiger partial charge in [-0.15, -0.1) is 0 Å². The van der Waals surface area contributed by atoms with E-state index in [-0.39, 0.29) is 22.3 Å². The number of ketones is 2. The number of anilines is 1. The van der Waals surface area contributed by atoms with Gasteiger partial charge < -0.3 is 40.0 Å². The molecule has 1 heterocycles. The highest BCUT2D eigenvalue weighted by Crippen LogP contribution is 2.52. The molecule has 0 saturated carbocycles. The van der Waals surface area contributed by atoms with E-state index in [1.165, 1.54) is 38.1 Å². The van der Waals surface area contributed by atoms with E-state index in [4.69, 9.17) is 14.2 Å². The number of phenols is 2. The zero-order valence-electron chi connectivity index (χ0n) is 27.1. The van der Waals surface area contributed by atoms with Crippen molar-refractivity contribution in [3.63, 3.8) is 0 Å². The molecule has 1 unspecified atom stereocenters. The number of amides is 2. The summed E-state index contributed by atoms with van der Waals surface area (Å²) in [5.74, 6) is -5.38. The van der Waals surface area contributed by atoms with E-state index in [0.717, 1.165) is 0 Å². The average molecular weight is 715 g/mol. The number of para-hydroxylation sites is 1. The Labute approximate surface area is 287 Å². The number of rotatable bonds is 6. The fourth-order valence-corrected chi connectivity index (χ4v) is 6.79. The molecule has 1 fully saturated rings. The minimum Gasteiger partial charge on any atom is -0.507 e. The number of carbonyl (C=O) groups is 4. The second kappa shape index (κ2) is 13.3. The highest BCUT2D eigenvalue weighted by atomic mass is 19.4. The number of aliphatic hydroxyl groups excluding tert-OH is 1. The summed E-state index contributed by atoms with van der Waals surface area (Å²) in [7, 11) is 0. The Morgan fingerprint density at radius 2 is 1.57 bits per heavy atom. The van der Waals surface area contributed by atoms with Gasteiger partial charge in [-0.2, -0.15) is 13.2 Å². The van der Waals surface area contributed by atoms with Gasteiger partial charge in [0.1, 0.15) is 29.3 Å². The van der Waals surface area contributed by atoms with Gasteiger partial charge >= 0.3 is 18.2 Å². The number of hydrogen-bond acceptors (Lipinski definition) is 11. The zero-order chi connectivity index (χ0) is 37.0. The van der Waals surface area contributed by atoms with Crippen molar-refractivity contribution < 1.29 is 67.0 Å². The minimum atomic E-state index is -5.26. The maximum atomic E-state index is 13.7. The number of phenolic OH excluding ortho intramolecular Hbond substituents is 2. The highest BCUT2D eigenvalue weighted by molar-refractivity contribution is 6.30. The van der Waals surface area contributed by atoms with Crippen molar-refractivity contribution in [3.8, 4) is 11.5 Å². The number of aromatic hydroxyl groups is 2. The summed E-state index contributed by atoms with van der Waals surface area (Å²) in [6.07, 6.45) is -14.9. The molecule has 3 aromatic rings. The fourth-order valence-electron chi connectivity index (χ4n) is 6.79. The third-order valence-electron chi connectivity index (χ3n) is 9.46. The van der Waals surface area contributed by atoms with Crippen molar-refractivity contribution >= 4 is 29.3 Å². The lowest BCUT2D eigenvalue weighted by atomic mass is 9.71. The molecule has 16 heteroatoms. The van der Waals surface area contributed by atoms with Crippen LogP contribution in [0.2, 0.25) is 0 Å². The Hall–Kier alpha value is -5.03. The Morgan fingerprint density at radius 1 is 0.980 bits per heavy atom. The molecule has 3 aliphatic rings. The van der Waals surface area contributed by atoms with Gasteiger partial charge in [0.25, 0.3) is 0 Å². The molecule has 1 saturated heterocycles. The summed E-state index contributed by atoms with van der Waals surface area (Å²) in [5, 5.41) is 50.1. The lowest BCUT2D eigenvalue weighted by Crippen LogP contribution is -2.57. The van der Waals surface area contributed by atoms with Crippen LogP contribution in [0.25, 0.3) is 0 Å². The first-order valence-corrected chi connectivity index (χ1v) is 15.9. The highest BCUT2D eigenvalue weighted by Gasteiger charge is 2.51. The molecule has 2 amide bonds. The summed E-state index contributed by atoms with van der Waals surface area (Å²) in [4.78, 5) is 51.9. The Balaban J connectivity index is 1.39. The van der Waals surface area contributed by atoms with Crippen LogP contribution in [0.15, 0.2) is 54.6 Å². The van der Waals surface area contributed by atoms with Crippen molar-refractivity contribution in [2.24, 2.45) is 0 Å². The van der Waals surface area contributed by atoms with E-state index in [9.17, 15) is 52.8 Å². The van der Waals surface area contributed by atoms with Crippen molar-refractivity contribution in [2.45, 2.75) is 81.6 Å². The maximum Gasteiger partial charge on any atom is 0.471 e.